The summed E-state index contributed by atoms with van der Waals surface area (Å²) in [6, 6.07) is 0. The number of amides is 1. The molecule has 0 aromatic rings. The van der Waals surface area contributed by atoms with E-state index in [1.54, 1.807) is 0 Å². The third kappa shape index (κ3) is 3.14. The quantitative estimate of drug-likeness (QED) is 0.836. The minimum atomic E-state index is -0.741. The summed E-state index contributed by atoms with van der Waals surface area (Å²) in [5, 5.41) is 9.02. The summed E-state index contributed by atoms with van der Waals surface area (Å²) in [7, 11) is 0. The summed E-state index contributed by atoms with van der Waals surface area (Å²) in [6.07, 6.45) is 4.69. The Morgan fingerprint density at radius 3 is 2.15 bits per heavy atom. The second kappa shape index (κ2) is 5.72. The van der Waals surface area contributed by atoms with Crippen LogP contribution in [0.15, 0.2) is 0 Å². The first-order valence-electron chi connectivity index (χ1n) is 7.87. The van der Waals surface area contributed by atoms with Crippen LogP contribution in [-0.2, 0) is 9.59 Å². The maximum absolute atomic E-state index is 12.4. The van der Waals surface area contributed by atoms with Crippen LogP contribution in [0.3, 0.4) is 0 Å². The first-order chi connectivity index (χ1) is 9.63. The topological polar surface area (TPSA) is 60.9 Å². The molecule has 2 atom stereocenters. The number of rotatable bonds is 4. The summed E-state index contributed by atoms with van der Waals surface area (Å²) in [4.78, 5) is 27.8. The van der Waals surface area contributed by atoms with E-state index in [9.17, 15) is 9.59 Å². The van der Waals surface area contributed by atoms with E-state index in [0.717, 1.165) is 38.5 Å². The number of carbonyl (C=O) groups is 2. The number of carboxylic acid groups (broad SMARTS) is 1. The van der Waals surface area contributed by atoms with Crippen molar-refractivity contribution in [3.05, 3.63) is 0 Å². The van der Waals surface area contributed by atoms with Gasteiger partial charge in [-0.3, -0.25) is 14.5 Å². The number of piperazine rings is 1. The van der Waals surface area contributed by atoms with Crippen LogP contribution in [-0.4, -0.2) is 59.5 Å². The summed E-state index contributed by atoms with van der Waals surface area (Å²) < 4.78 is 0. The van der Waals surface area contributed by atoms with Crippen molar-refractivity contribution in [2.24, 2.45) is 17.8 Å². The lowest BCUT2D eigenvalue weighted by molar-refractivity contribution is -0.142. The number of carboxylic acids is 1. The van der Waals surface area contributed by atoms with Crippen molar-refractivity contribution in [1.29, 1.82) is 0 Å². The predicted octanol–water partition coefficient (Wildman–Crippen LogP) is 1.04. The van der Waals surface area contributed by atoms with Gasteiger partial charge >= 0.3 is 5.97 Å². The van der Waals surface area contributed by atoms with Gasteiger partial charge in [-0.05, 0) is 38.0 Å². The monoisotopic (exact) mass is 280 g/mol. The summed E-state index contributed by atoms with van der Waals surface area (Å²) in [5.74, 6) is 0.00368. The van der Waals surface area contributed by atoms with Crippen molar-refractivity contribution in [3.8, 4) is 0 Å². The number of hydrogen-bond donors (Lipinski definition) is 1. The molecule has 3 aliphatic rings. The molecule has 0 unspecified atom stereocenters. The number of aliphatic carboxylic acids is 1. The molecule has 112 valence electrons. The van der Waals surface area contributed by atoms with E-state index in [1.165, 1.54) is 19.4 Å². The van der Waals surface area contributed by atoms with Crippen molar-refractivity contribution < 1.29 is 14.7 Å². The van der Waals surface area contributed by atoms with Gasteiger partial charge in [-0.2, -0.15) is 0 Å². The van der Waals surface area contributed by atoms with Gasteiger partial charge in [0.2, 0.25) is 5.91 Å². The highest BCUT2D eigenvalue weighted by atomic mass is 16.4. The van der Waals surface area contributed by atoms with Crippen LogP contribution in [0.5, 0.6) is 0 Å². The molecule has 5 heteroatoms. The first-order valence-corrected chi connectivity index (χ1v) is 7.87. The van der Waals surface area contributed by atoms with Gasteiger partial charge in [-0.25, -0.2) is 0 Å². The zero-order valence-corrected chi connectivity index (χ0v) is 12.0. The van der Waals surface area contributed by atoms with E-state index in [4.69, 9.17) is 5.11 Å². The van der Waals surface area contributed by atoms with E-state index < -0.39 is 5.97 Å². The minimum absolute atomic E-state index is 0.0499. The van der Waals surface area contributed by atoms with Crippen LogP contribution in [0.25, 0.3) is 0 Å². The Labute approximate surface area is 119 Å². The van der Waals surface area contributed by atoms with Crippen molar-refractivity contribution in [2.45, 2.75) is 32.1 Å². The van der Waals surface area contributed by atoms with Crippen molar-refractivity contribution in [2.75, 3.05) is 32.7 Å². The van der Waals surface area contributed by atoms with Crippen LogP contribution in [0.2, 0.25) is 0 Å². The Kier molecular flexibility index (Phi) is 3.96. The summed E-state index contributed by atoms with van der Waals surface area (Å²) in [6.45, 7) is 4.81. The fourth-order valence-electron chi connectivity index (χ4n) is 3.50. The standard InChI is InChI=1S/C15H24N2O3/c18-14(12-3-4-13(9-12)15(19)20)17-7-5-16(6-8-17)10-11-1-2-11/h11-13H,1-10H2,(H,19,20)/t12-,13+/m1/s1. The highest BCUT2D eigenvalue weighted by Gasteiger charge is 2.36. The van der Waals surface area contributed by atoms with E-state index in [0.29, 0.717) is 12.8 Å². The highest BCUT2D eigenvalue weighted by molar-refractivity contribution is 5.81. The van der Waals surface area contributed by atoms with Gasteiger partial charge in [0, 0.05) is 38.6 Å². The average Bonchev–Trinajstić information content (AvgIpc) is 3.11. The van der Waals surface area contributed by atoms with Gasteiger partial charge in [-0.1, -0.05) is 0 Å². The third-order valence-electron chi connectivity index (χ3n) is 5.03. The molecular weight excluding hydrogens is 256 g/mol. The molecule has 1 N–H and O–H groups in total. The lowest BCUT2D eigenvalue weighted by Gasteiger charge is -2.36. The lowest BCUT2D eigenvalue weighted by atomic mass is 10.0. The normalized spacial score (nSPS) is 31.5. The molecular formula is C15H24N2O3. The zero-order chi connectivity index (χ0) is 14.1. The van der Waals surface area contributed by atoms with Crippen molar-refractivity contribution in [1.82, 2.24) is 9.80 Å². The van der Waals surface area contributed by atoms with Crippen LogP contribution in [0.1, 0.15) is 32.1 Å². The third-order valence-corrected chi connectivity index (χ3v) is 5.03. The Hall–Kier alpha value is -1.10. The Morgan fingerprint density at radius 2 is 1.60 bits per heavy atom. The van der Waals surface area contributed by atoms with Gasteiger partial charge in [0.1, 0.15) is 0 Å². The molecule has 0 aromatic carbocycles. The number of carbonyl (C=O) groups excluding carboxylic acids is 1. The minimum Gasteiger partial charge on any atom is -0.481 e. The molecule has 0 bridgehead atoms. The van der Waals surface area contributed by atoms with Gasteiger partial charge in [0.25, 0.3) is 0 Å². The molecule has 1 aliphatic heterocycles. The molecule has 0 spiro atoms. The largest absolute Gasteiger partial charge is 0.481 e. The lowest BCUT2D eigenvalue weighted by Crippen LogP contribution is -2.50. The molecule has 5 nitrogen and oxygen atoms in total. The summed E-state index contributed by atoms with van der Waals surface area (Å²) >= 11 is 0. The van der Waals surface area contributed by atoms with Gasteiger partial charge in [0.05, 0.1) is 5.92 Å². The van der Waals surface area contributed by atoms with Crippen LogP contribution < -0.4 is 0 Å². The van der Waals surface area contributed by atoms with Gasteiger partial charge in [-0.15, -0.1) is 0 Å². The SMILES string of the molecule is O=C(O)[C@H]1CC[C@@H](C(=O)N2CCN(CC3CC3)CC2)C1. The second-order valence-electron chi connectivity index (χ2n) is 6.61. The van der Waals surface area contributed by atoms with E-state index in [2.05, 4.69) is 4.90 Å². The van der Waals surface area contributed by atoms with Crippen LogP contribution in [0.4, 0.5) is 0 Å². The molecule has 3 fully saturated rings. The Bertz CT molecular complexity index is 387. The Balaban J connectivity index is 1.45. The maximum atomic E-state index is 12.4. The van der Waals surface area contributed by atoms with Crippen LogP contribution in [0, 0.1) is 17.8 Å². The Morgan fingerprint density at radius 1 is 0.950 bits per heavy atom. The smallest absolute Gasteiger partial charge is 0.306 e. The van der Waals surface area contributed by atoms with E-state index in [1.807, 2.05) is 4.90 Å². The number of hydrogen-bond acceptors (Lipinski definition) is 3. The molecule has 1 saturated heterocycles. The molecule has 3 rings (SSSR count). The molecule has 1 amide bonds. The second-order valence-corrected chi connectivity index (χ2v) is 6.61. The average molecular weight is 280 g/mol. The molecule has 1 heterocycles. The predicted molar refractivity (Wildman–Crippen MR) is 74.2 cm³/mol. The van der Waals surface area contributed by atoms with E-state index in [-0.39, 0.29) is 17.7 Å². The molecule has 2 aliphatic carbocycles. The van der Waals surface area contributed by atoms with Gasteiger partial charge < -0.3 is 10.0 Å². The van der Waals surface area contributed by atoms with Crippen LogP contribution >= 0.6 is 0 Å². The molecule has 20 heavy (non-hydrogen) atoms. The fourth-order valence-corrected chi connectivity index (χ4v) is 3.50. The van der Waals surface area contributed by atoms with Gasteiger partial charge in [0.15, 0.2) is 0 Å². The van der Waals surface area contributed by atoms with Crippen molar-refractivity contribution >= 4 is 11.9 Å². The molecule has 0 radical (unpaired) electrons. The molecule has 2 saturated carbocycles. The zero-order valence-electron chi connectivity index (χ0n) is 12.0. The molecule has 0 aromatic heterocycles. The summed E-state index contributed by atoms with van der Waals surface area (Å²) in [5.41, 5.74) is 0. The fraction of sp³-hybridized carbons (Fsp3) is 0.867. The maximum Gasteiger partial charge on any atom is 0.306 e. The van der Waals surface area contributed by atoms with Crippen molar-refractivity contribution in [3.63, 3.8) is 0 Å². The number of nitrogens with zero attached hydrogens (tertiary/aromatic N) is 2. The highest BCUT2D eigenvalue weighted by Crippen LogP contribution is 2.33. The first kappa shape index (κ1) is 13.9. The van der Waals surface area contributed by atoms with E-state index >= 15 is 0 Å².